The van der Waals surface area contributed by atoms with Gasteiger partial charge in [-0.25, -0.2) is 4.79 Å². The number of hydrogen-bond donors (Lipinski definition) is 3. The highest BCUT2D eigenvalue weighted by Gasteiger charge is 2.26. The van der Waals surface area contributed by atoms with Crippen LogP contribution in [0.15, 0.2) is 54.2 Å². The minimum atomic E-state index is -1.16. The van der Waals surface area contributed by atoms with Crippen molar-refractivity contribution < 1.29 is 29.0 Å². The number of carboxylic acids is 1. The fraction of sp³-hybridized carbons (Fsp3) is 0.227. The normalized spacial score (nSPS) is 13.6. The number of hydrogen-bond acceptors (Lipinski definition) is 5. The molecule has 3 rings (SSSR count). The maximum absolute atomic E-state index is 12.9. The van der Waals surface area contributed by atoms with Gasteiger partial charge in [-0.2, -0.15) is 0 Å². The standard InChI is InChI=1S/C22H22N2O6/c1-13(2)19(22(27)28)24-21(26)16(23-20(25)15-6-4-3-5-7-15)10-14-8-9-17-18(11-14)30-12-29-17/h3-11,13,19H,12H2,1-2H3,(H,23,25)(H,24,26)(H,27,28)/b16-10+/t19-/m0/s1. The van der Waals surface area contributed by atoms with Crippen LogP contribution in [0.3, 0.4) is 0 Å². The van der Waals surface area contributed by atoms with Gasteiger partial charge in [0.05, 0.1) is 0 Å². The van der Waals surface area contributed by atoms with Gasteiger partial charge in [-0.15, -0.1) is 0 Å². The maximum Gasteiger partial charge on any atom is 0.326 e. The summed E-state index contributed by atoms with van der Waals surface area (Å²) in [7, 11) is 0. The summed E-state index contributed by atoms with van der Waals surface area (Å²) >= 11 is 0. The summed E-state index contributed by atoms with van der Waals surface area (Å²) in [5.74, 6) is -1.61. The van der Waals surface area contributed by atoms with Crippen LogP contribution in [0.25, 0.3) is 6.08 Å². The molecule has 8 nitrogen and oxygen atoms in total. The highest BCUT2D eigenvalue weighted by Crippen LogP contribution is 2.33. The zero-order chi connectivity index (χ0) is 21.7. The SMILES string of the molecule is CC(C)[C@H](NC(=O)/C(=C\c1ccc2c(c1)OCO2)NC(=O)c1ccccc1)C(=O)O. The predicted molar refractivity (Wildman–Crippen MR) is 109 cm³/mol. The van der Waals surface area contributed by atoms with Gasteiger partial charge in [0, 0.05) is 5.56 Å². The molecule has 0 unspecified atom stereocenters. The number of aliphatic carboxylic acids is 1. The van der Waals surface area contributed by atoms with Crippen LogP contribution in [0, 0.1) is 5.92 Å². The summed E-state index contributed by atoms with van der Waals surface area (Å²) in [6.07, 6.45) is 1.46. The van der Waals surface area contributed by atoms with E-state index in [0.29, 0.717) is 22.6 Å². The lowest BCUT2D eigenvalue weighted by Crippen LogP contribution is -2.47. The van der Waals surface area contributed by atoms with Crippen molar-refractivity contribution in [2.24, 2.45) is 5.92 Å². The summed E-state index contributed by atoms with van der Waals surface area (Å²) < 4.78 is 10.6. The molecule has 1 atom stereocenters. The Morgan fingerprint density at radius 2 is 1.73 bits per heavy atom. The lowest BCUT2D eigenvalue weighted by atomic mass is 10.0. The Bertz CT molecular complexity index is 984. The maximum atomic E-state index is 12.9. The number of carbonyl (C=O) groups excluding carboxylic acids is 2. The number of carbonyl (C=O) groups is 3. The smallest absolute Gasteiger partial charge is 0.326 e. The summed E-state index contributed by atoms with van der Waals surface area (Å²) in [6.45, 7) is 3.47. The Kier molecular flexibility index (Phi) is 6.36. The molecule has 156 valence electrons. The van der Waals surface area contributed by atoms with Gasteiger partial charge in [0.2, 0.25) is 6.79 Å². The van der Waals surface area contributed by atoms with Gasteiger partial charge >= 0.3 is 5.97 Å². The second kappa shape index (κ2) is 9.13. The molecule has 1 heterocycles. The van der Waals surface area contributed by atoms with E-state index in [4.69, 9.17) is 9.47 Å². The molecule has 0 saturated carbocycles. The van der Waals surface area contributed by atoms with Gasteiger partial charge in [0.25, 0.3) is 11.8 Å². The molecule has 1 aliphatic heterocycles. The quantitative estimate of drug-likeness (QED) is 0.604. The summed E-state index contributed by atoms with van der Waals surface area (Å²) in [6, 6.07) is 12.4. The Labute approximate surface area is 173 Å². The molecule has 3 N–H and O–H groups in total. The Morgan fingerprint density at radius 3 is 2.40 bits per heavy atom. The van der Waals surface area contributed by atoms with Crippen molar-refractivity contribution in [3.63, 3.8) is 0 Å². The average molecular weight is 410 g/mol. The van der Waals surface area contributed by atoms with Crippen molar-refractivity contribution in [2.75, 3.05) is 6.79 Å². The van der Waals surface area contributed by atoms with E-state index in [9.17, 15) is 19.5 Å². The van der Waals surface area contributed by atoms with Crippen LogP contribution in [0.1, 0.15) is 29.8 Å². The number of benzene rings is 2. The fourth-order valence-corrected chi connectivity index (χ4v) is 2.84. The second-order valence-corrected chi connectivity index (χ2v) is 7.02. The fourth-order valence-electron chi connectivity index (χ4n) is 2.84. The monoisotopic (exact) mass is 410 g/mol. The molecule has 0 spiro atoms. The Hall–Kier alpha value is -3.81. The first-order valence-corrected chi connectivity index (χ1v) is 9.36. The number of carboxylic acid groups (broad SMARTS) is 1. The van der Waals surface area contributed by atoms with E-state index in [2.05, 4.69) is 10.6 Å². The predicted octanol–water partition coefficient (Wildman–Crippen LogP) is 2.41. The van der Waals surface area contributed by atoms with Crippen molar-refractivity contribution in [1.29, 1.82) is 0 Å². The van der Waals surface area contributed by atoms with Crippen molar-refractivity contribution in [3.8, 4) is 11.5 Å². The van der Waals surface area contributed by atoms with E-state index in [1.807, 2.05) is 0 Å². The van der Waals surface area contributed by atoms with E-state index in [1.165, 1.54) is 6.08 Å². The first-order chi connectivity index (χ1) is 14.3. The lowest BCUT2D eigenvalue weighted by molar-refractivity contribution is -0.142. The highest BCUT2D eigenvalue weighted by atomic mass is 16.7. The first kappa shape index (κ1) is 20.9. The molecule has 30 heavy (non-hydrogen) atoms. The van der Waals surface area contributed by atoms with E-state index < -0.39 is 23.8 Å². The number of ether oxygens (including phenoxy) is 2. The molecule has 2 amide bonds. The number of fused-ring (bicyclic) bond motifs is 1. The van der Waals surface area contributed by atoms with Gasteiger partial charge < -0.3 is 25.2 Å². The van der Waals surface area contributed by atoms with Gasteiger partial charge in [0.15, 0.2) is 11.5 Å². The molecule has 0 aromatic heterocycles. The molecule has 8 heteroatoms. The average Bonchev–Trinajstić information content (AvgIpc) is 3.19. The minimum Gasteiger partial charge on any atom is -0.480 e. The van der Waals surface area contributed by atoms with Crippen molar-refractivity contribution in [1.82, 2.24) is 10.6 Å². The molecule has 0 radical (unpaired) electrons. The third kappa shape index (κ3) is 4.96. The third-order valence-electron chi connectivity index (χ3n) is 4.46. The molecule has 1 aliphatic rings. The van der Waals surface area contributed by atoms with E-state index in [0.717, 1.165) is 0 Å². The lowest BCUT2D eigenvalue weighted by Gasteiger charge is -2.19. The second-order valence-electron chi connectivity index (χ2n) is 7.02. The van der Waals surface area contributed by atoms with Crippen molar-refractivity contribution in [3.05, 3.63) is 65.4 Å². The van der Waals surface area contributed by atoms with Crippen LogP contribution in [0.2, 0.25) is 0 Å². The Balaban J connectivity index is 1.90. The van der Waals surface area contributed by atoms with E-state index in [1.54, 1.807) is 62.4 Å². The van der Waals surface area contributed by atoms with Crippen LogP contribution in [-0.4, -0.2) is 35.7 Å². The third-order valence-corrected chi connectivity index (χ3v) is 4.46. The van der Waals surface area contributed by atoms with Crippen LogP contribution in [0.5, 0.6) is 11.5 Å². The minimum absolute atomic E-state index is 0.0883. The zero-order valence-electron chi connectivity index (χ0n) is 16.5. The summed E-state index contributed by atoms with van der Waals surface area (Å²) in [4.78, 5) is 36.9. The number of nitrogens with one attached hydrogen (secondary N) is 2. The van der Waals surface area contributed by atoms with Crippen LogP contribution < -0.4 is 20.1 Å². The van der Waals surface area contributed by atoms with Gasteiger partial charge in [-0.1, -0.05) is 38.1 Å². The van der Waals surface area contributed by atoms with Crippen LogP contribution >= 0.6 is 0 Å². The van der Waals surface area contributed by atoms with Gasteiger partial charge in [0.1, 0.15) is 11.7 Å². The Morgan fingerprint density at radius 1 is 1.03 bits per heavy atom. The van der Waals surface area contributed by atoms with Gasteiger partial charge in [-0.05, 0) is 41.8 Å². The molecule has 0 saturated heterocycles. The number of rotatable bonds is 7. The molecular weight excluding hydrogens is 388 g/mol. The topological polar surface area (TPSA) is 114 Å². The summed E-state index contributed by atoms with van der Waals surface area (Å²) in [5.41, 5.74) is 0.851. The van der Waals surface area contributed by atoms with Crippen molar-refractivity contribution in [2.45, 2.75) is 19.9 Å². The number of amides is 2. The zero-order valence-corrected chi connectivity index (χ0v) is 16.5. The molecule has 2 aromatic rings. The molecular formula is C22H22N2O6. The highest BCUT2D eigenvalue weighted by molar-refractivity contribution is 6.06. The van der Waals surface area contributed by atoms with Crippen molar-refractivity contribution >= 4 is 23.9 Å². The van der Waals surface area contributed by atoms with Crippen LogP contribution in [-0.2, 0) is 9.59 Å². The van der Waals surface area contributed by atoms with E-state index >= 15 is 0 Å². The molecule has 0 bridgehead atoms. The van der Waals surface area contributed by atoms with Crippen LogP contribution in [0.4, 0.5) is 0 Å². The largest absolute Gasteiger partial charge is 0.480 e. The molecule has 0 fully saturated rings. The molecule has 0 aliphatic carbocycles. The summed E-state index contributed by atoms with van der Waals surface area (Å²) in [5, 5.41) is 14.4. The van der Waals surface area contributed by atoms with Gasteiger partial charge in [-0.3, -0.25) is 9.59 Å². The first-order valence-electron chi connectivity index (χ1n) is 9.36. The van der Waals surface area contributed by atoms with E-state index in [-0.39, 0.29) is 18.4 Å². The molecule has 2 aromatic carbocycles.